The molecule has 5 heterocycles. The monoisotopic (exact) mass is 296 g/mol. The second-order valence-corrected chi connectivity index (χ2v) is 6.95. The third-order valence-electron chi connectivity index (χ3n) is 5.66. The van der Waals surface area contributed by atoms with E-state index in [1.165, 1.54) is 12.8 Å². The van der Waals surface area contributed by atoms with Crippen molar-refractivity contribution in [3.05, 3.63) is 17.7 Å². The average Bonchev–Trinajstić information content (AvgIpc) is 3.33. The van der Waals surface area contributed by atoms with E-state index in [1.54, 1.807) is 0 Å². The molecule has 2 N–H and O–H groups in total. The molecule has 4 bridgehead atoms. The fourth-order valence-electron chi connectivity index (χ4n) is 4.57. The first kappa shape index (κ1) is 12.7. The van der Waals surface area contributed by atoms with Crippen molar-refractivity contribution in [2.45, 2.75) is 37.0 Å². The molecule has 22 heavy (non-hydrogen) atoms. The van der Waals surface area contributed by atoms with E-state index in [1.807, 2.05) is 12.1 Å². The second-order valence-electron chi connectivity index (χ2n) is 6.95. The normalized spacial score (nSPS) is 35.4. The fourth-order valence-corrected chi connectivity index (χ4v) is 4.57. The van der Waals surface area contributed by atoms with Gasteiger partial charge in [-0.05, 0) is 25.0 Å². The lowest BCUT2D eigenvalue weighted by Crippen LogP contribution is -2.45. The maximum Gasteiger partial charge on any atom is 0.149 e. The van der Waals surface area contributed by atoms with Crippen LogP contribution in [0.15, 0.2) is 12.1 Å². The SMILES string of the molecule is N#Cc1ccc(N2C[C@@H]3C[C@H]2CN3)nc1N1C[C@@H]2C[C@H]1CN2. The Bertz CT molecular complexity index is 653. The smallest absolute Gasteiger partial charge is 0.149 e. The molecule has 4 atom stereocenters. The van der Waals surface area contributed by atoms with Gasteiger partial charge in [0.1, 0.15) is 17.7 Å². The molecule has 0 saturated carbocycles. The Balaban J connectivity index is 1.50. The molecule has 1 aromatic heterocycles. The van der Waals surface area contributed by atoms with E-state index in [0.29, 0.717) is 29.7 Å². The summed E-state index contributed by atoms with van der Waals surface area (Å²) in [5, 5.41) is 16.5. The van der Waals surface area contributed by atoms with E-state index in [9.17, 15) is 5.26 Å². The Morgan fingerprint density at radius 3 is 2.27 bits per heavy atom. The van der Waals surface area contributed by atoms with Gasteiger partial charge in [0.25, 0.3) is 0 Å². The van der Waals surface area contributed by atoms with Crippen molar-refractivity contribution in [3.8, 4) is 6.07 Å². The molecule has 6 nitrogen and oxygen atoms in total. The maximum absolute atomic E-state index is 9.45. The zero-order chi connectivity index (χ0) is 14.7. The standard InChI is InChI=1S/C16H20N6/c17-5-10-1-2-15(21-8-11-3-13(21)6-18-11)20-16(10)22-9-12-4-14(22)7-19-12/h1-2,11-14,18-19H,3-4,6-9H2/t11-,12-,13-,14-/m0/s1. The summed E-state index contributed by atoms with van der Waals surface area (Å²) in [4.78, 5) is 9.68. The van der Waals surface area contributed by atoms with Gasteiger partial charge in [-0.15, -0.1) is 0 Å². The predicted octanol–water partition coefficient (Wildman–Crippen LogP) is 0.0543. The van der Waals surface area contributed by atoms with Crippen LogP contribution in [0.4, 0.5) is 11.6 Å². The Hall–Kier alpha value is -1.84. The van der Waals surface area contributed by atoms with Crippen LogP contribution < -0.4 is 20.4 Å². The summed E-state index contributed by atoms with van der Waals surface area (Å²) in [6.45, 7) is 4.08. The minimum atomic E-state index is 0.497. The van der Waals surface area contributed by atoms with Crippen LogP contribution in [-0.4, -0.2) is 55.3 Å². The highest BCUT2D eigenvalue weighted by Crippen LogP contribution is 2.34. The number of hydrogen-bond donors (Lipinski definition) is 2. The molecular formula is C16H20N6. The minimum absolute atomic E-state index is 0.497. The van der Waals surface area contributed by atoms with Gasteiger partial charge < -0.3 is 20.4 Å². The Labute approximate surface area is 130 Å². The molecule has 5 rings (SSSR count). The van der Waals surface area contributed by atoms with Crippen molar-refractivity contribution in [2.24, 2.45) is 0 Å². The molecule has 4 fully saturated rings. The lowest BCUT2D eigenvalue weighted by atomic mass is 10.2. The van der Waals surface area contributed by atoms with Gasteiger partial charge in [-0.1, -0.05) is 0 Å². The number of nitrogens with one attached hydrogen (secondary N) is 2. The molecule has 0 unspecified atom stereocenters. The summed E-state index contributed by atoms with van der Waals surface area (Å²) in [6, 6.07) is 8.54. The quantitative estimate of drug-likeness (QED) is 0.804. The largest absolute Gasteiger partial charge is 0.351 e. The van der Waals surface area contributed by atoms with E-state index < -0.39 is 0 Å². The molecule has 4 aliphatic heterocycles. The first-order chi connectivity index (χ1) is 10.8. The van der Waals surface area contributed by atoms with Crippen molar-refractivity contribution in [2.75, 3.05) is 36.0 Å². The van der Waals surface area contributed by atoms with Crippen LogP contribution in [0.1, 0.15) is 18.4 Å². The van der Waals surface area contributed by atoms with Gasteiger partial charge in [0.05, 0.1) is 5.56 Å². The van der Waals surface area contributed by atoms with Gasteiger partial charge in [-0.25, -0.2) is 4.98 Å². The fraction of sp³-hybridized carbons (Fsp3) is 0.625. The highest BCUT2D eigenvalue weighted by Gasteiger charge is 2.41. The number of aromatic nitrogens is 1. The molecule has 0 amide bonds. The van der Waals surface area contributed by atoms with Crippen LogP contribution in [0.3, 0.4) is 0 Å². The van der Waals surface area contributed by atoms with Crippen molar-refractivity contribution in [1.82, 2.24) is 15.6 Å². The number of pyridine rings is 1. The first-order valence-electron chi connectivity index (χ1n) is 8.23. The van der Waals surface area contributed by atoms with E-state index in [2.05, 4.69) is 26.5 Å². The van der Waals surface area contributed by atoms with Crippen LogP contribution in [0.2, 0.25) is 0 Å². The lowest BCUT2D eigenvalue weighted by Gasteiger charge is -2.32. The molecular weight excluding hydrogens is 276 g/mol. The topological polar surface area (TPSA) is 67.2 Å². The number of nitriles is 1. The van der Waals surface area contributed by atoms with Gasteiger partial charge >= 0.3 is 0 Å². The molecule has 6 heteroatoms. The molecule has 4 aliphatic rings. The zero-order valence-corrected chi connectivity index (χ0v) is 12.5. The highest BCUT2D eigenvalue weighted by atomic mass is 15.3. The first-order valence-corrected chi connectivity index (χ1v) is 8.23. The summed E-state index contributed by atoms with van der Waals surface area (Å²) in [5.74, 6) is 1.93. The highest BCUT2D eigenvalue weighted by molar-refractivity contribution is 5.61. The van der Waals surface area contributed by atoms with E-state index in [-0.39, 0.29) is 0 Å². The number of hydrogen-bond acceptors (Lipinski definition) is 6. The van der Waals surface area contributed by atoms with E-state index >= 15 is 0 Å². The maximum atomic E-state index is 9.45. The van der Waals surface area contributed by atoms with Crippen LogP contribution in [0.25, 0.3) is 0 Å². The summed E-state index contributed by atoms with van der Waals surface area (Å²) in [5.41, 5.74) is 0.707. The van der Waals surface area contributed by atoms with E-state index in [4.69, 9.17) is 4.98 Å². The van der Waals surface area contributed by atoms with Crippen molar-refractivity contribution < 1.29 is 0 Å². The Morgan fingerprint density at radius 2 is 1.73 bits per heavy atom. The number of anilines is 2. The average molecular weight is 296 g/mol. The molecule has 0 radical (unpaired) electrons. The number of piperazine rings is 2. The summed E-state index contributed by atoms with van der Waals surface area (Å²) in [7, 11) is 0. The van der Waals surface area contributed by atoms with Gasteiger partial charge in [-0.2, -0.15) is 5.26 Å². The third-order valence-corrected chi connectivity index (χ3v) is 5.66. The minimum Gasteiger partial charge on any atom is -0.351 e. The van der Waals surface area contributed by atoms with Gasteiger partial charge in [-0.3, -0.25) is 0 Å². The Kier molecular flexibility index (Phi) is 2.64. The zero-order valence-electron chi connectivity index (χ0n) is 12.5. The molecule has 1 aromatic rings. The number of nitrogens with zero attached hydrogens (tertiary/aromatic N) is 4. The molecule has 0 aromatic carbocycles. The number of rotatable bonds is 2. The molecule has 4 saturated heterocycles. The molecule has 114 valence electrons. The van der Waals surface area contributed by atoms with Gasteiger partial charge in [0.15, 0.2) is 0 Å². The summed E-state index contributed by atoms with van der Waals surface area (Å²) in [6.07, 6.45) is 2.39. The van der Waals surface area contributed by atoms with Crippen LogP contribution in [-0.2, 0) is 0 Å². The van der Waals surface area contributed by atoms with Crippen LogP contribution in [0, 0.1) is 11.3 Å². The summed E-state index contributed by atoms with van der Waals surface area (Å²) >= 11 is 0. The van der Waals surface area contributed by atoms with E-state index in [0.717, 1.165) is 37.8 Å². The second kappa shape index (κ2) is 4.58. The Morgan fingerprint density at radius 1 is 1.05 bits per heavy atom. The van der Waals surface area contributed by atoms with Gasteiger partial charge in [0, 0.05) is 50.3 Å². The molecule has 0 aliphatic carbocycles. The number of fused-ring (bicyclic) bond motifs is 4. The molecule has 0 spiro atoms. The van der Waals surface area contributed by atoms with Crippen molar-refractivity contribution >= 4 is 11.6 Å². The van der Waals surface area contributed by atoms with Gasteiger partial charge in [0.2, 0.25) is 0 Å². The third kappa shape index (κ3) is 1.76. The van der Waals surface area contributed by atoms with Crippen LogP contribution >= 0.6 is 0 Å². The lowest BCUT2D eigenvalue weighted by molar-refractivity contribution is 0.569. The van der Waals surface area contributed by atoms with Crippen molar-refractivity contribution in [3.63, 3.8) is 0 Å². The summed E-state index contributed by atoms with van der Waals surface area (Å²) < 4.78 is 0. The van der Waals surface area contributed by atoms with Crippen molar-refractivity contribution in [1.29, 1.82) is 5.26 Å². The van der Waals surface area contributed by atoms with Crippen LogP contribution in [0.5, 0.6) is 0 Å². The predicted molar refractivity (Wildman–Crippen MR) is 84.0 cm³/mol.